The number of primary amides is 1. The Morgan fingerprint density at radius 3 is 2.34 bits per heavy atom. The van der Waals surface area contributed by atoms with Crippen LogP contribution in [0.3, 0.4) is 0 Å². The number of aromatic nitrogens is 5. The molecule has 1 amide bonds. The number of carbonyl (C=O) groups is 1. The molecule has 0 aliphatic heterocycles. The first-order chi connectivity index (χ1) is 19.8. The summed E-state index contributed by atoms with van der Waals surface area (Å²) in [4.78, 5) is 16.5. The van der Waals surface area contributed by atoms with Gasteiger partial charge in [-0.05, 0) is 49.9 Å². The van der Waals surface area contributed by atoms with Crippen molar-refractivity contribution in [3.05, 3.63) is 54.2 Å². The van der Waals surface area contributed by atoms with Gasteiger partial charge in [0.15, 0.2) is 17.3 Å². The van der Waals surface area contributed by atoms with E-state index in [4.69, 9.17) is 20.3 Å². The summed E-state index contributed by atoms with van der Waals surface area (Å²) in [6, 6.07) is 14.4. The lowest BCUT2D eigenvalue weighted by molar-refractivity contribution is 0.0995. The van der Waals surface area contributed by atoms with Crippen LogP contribution in [0.15, 0.2) is 48.5 Å². The van der Waals surface area contributed by atoms with Crippen LogP contribution in [0, 0.1) is 0 Å². The standard InChI is InChI=1S/C28H31N8O4P/c1-36-25(41(38,16-10-11-16)17-12-13-17)15-20(35-36)18-6-4-7-19(27(18)40-3)30-21-14-23(33-34-26(21)28(29)37)31-22-8-5-9-24(32-22)39-2/h4-9,14-17H,10-13H2,1-3H3,(H2,29,37)(H2,30,31,32,33). The van der Waals surface area contributed by atoms with Crippen LogP contribution in [0.5, 0.6) is 11.6 Å². The highest BCUT2D eigenvalue weighted by Gasteiger charge is 2.53. The van der Waals surface area contributed by atoms with Gasteiger partial charge >= 0.3 is 0 Å². The van der Waals surface area contributed by atoms with Gasteiger partial charge in [0.05, 0.1) is 36.7 Å². The lowest BCUT2D eigenvalue weighted by Gasteiger charge is -2.17. The van der Waals surface area contributed by atoms with Gasteiger partial charge in [0.1, 0.15) is 13.0 Å². The highest BCUT2D eigenvalue weighted by molar-refractivity contribution is 7.73. The summed E-state index contributed by atoms with van der Waals surface area (Å²) in [5.74, 6) is 1.00. The molecule has 2 saturated carbocycles. The van der Waals surface area contributed by atoms with Gasteiger partial charge in [-0.1, -0.05) is 12.1 Å². The van der Waals surface area contributed by atoms with Crippen LogP contribution in [0.1, 0.15) is 36.2 Å². The van der Waals surface area contributed by atoms with Gasteiger partial charge in [-0.15, -0.1) is 10.2 Å². The zero-order valence-electron chi connectivity index (χ0n) is 23.0. The molecule has 3 aromatic heterocycles. The normalized spacial score (nSPS) is 14.9. The van der Waals surface area contributed by atoms with E-state index in [9.17, 15) is 9.36 Å². The Morgan fingerprint density at radius 2 is 1.68 bits per heavy atom. The van der Waals surface area contributed by atoms with Crippen LogP contribution in [-0.2, 0) is 11.6 Å². The Morgan fingerprint density at radius 1 is 0.951 bits per heavy atom. The molecule has 0 atom stereocenters. The van der Waals surface area contributed by atoms with E-state index in [0.717, 1.165) is 36.7 Å². The molecule has 2 aliphatic rings. The smallest absolute Gasteiger partial charge is 0.271 e. The van der Waals surface area contributed by atoms with Crippen molar-refractivity contribution in [3.8, 4) is 22.9 Å². The molecule has 212 valence electrons. The number of aryl methyl sites for hydroxylation is 1. The van der Waals surface area contributed by atoms with Crippen molar-refractivity contribution in [2.24, 2.45) is 12.8 Å². The first-order valence-electron chi connectivity index (χ1n) is 13.4. The van der Waals surface area contributed by atoms with E-state index in [1.165, 1.54) is 7.11 Å². The molecule has 3 heterocycles. The fraction of sp³-hybridized carbons (Fsp3) is 0.321. The average molecular weight is 575 g/mol. The maximum absolute atomic E-state index is 14.2. The monoisotopic (exact) mass is 574 g/mol. The van der Waals surface area contributed by atoms with Gasteiger partial charge in [-0.3, -0.25) is 9.48 Å². The summed E-state index contributed by atoms with van der Waals surface area (Å²) in [7, 11) is 2.43. The fourth-order valence-electron chi connectivity index (χ4n) is 5.17. The minimum atomic E-state index is -2.52. The number of hydrogen-bond acceptors (Lipinski definition) is 10. The van der Waals surface area contributed by atoms with Gasteiger partial charge < -0.3 is 30.4 Å². The number of hydrogen-bond donors (Lipinski definition) is 3. The molecule has 41 heavy (non-hydrogen) atoms. The molecule has 13 heteroatoms. The van der Waals surface area contributed by atoms with Crippen molar-refractivity contribution in [1.29, 1.82) is 0 Å². The maximum Gasteiger partial charge on any atom is 0.271 e. The van der Waals surface area contributed by atoms with Crippen LogP contribution in [-0.4, -0.2) is 56.4 Å². The third-order valence-electron chi connectivity index (χ3n) is 7.37. The number of para-hydroxylation sites is 1. The number of methoxy groups -OCH3 is 2. The van der Waals surface area contributed by atoms with Crippen molar-refractivity contribution in [2.75, 3.05) is 24.9 Å². The van der Waals surface area contributed by atoms with E-state index >= 15 is 0 Å². The van der Waals surface area contributed by atoms with Crippen LogP contribution >= 0.6 is 7.14 Å². The summed E-state index contributed by atoms with van der Waals surface area (Å²) in [6.07, 6.45) is 4.07. The molecule has 0 spiro atoms. The number of benzene rings is 1. The highest BCUT2D eigenvalue weighted by Crippen LogP contribution is 2.69. The molecule has 0 saturated heterocycles. The van der Waals surface area contributed by atoms with Gasteiger partial charge in [-0.25, -0.2) is 0 Å². The molecule has 12 nitrogen and oxygen atoms in total. The number of rotatable bonds is 11. The SMILES string of the molecule is COc1cccc(Nc2cc(Nc3cccc(-c4cc(P(=O)(C5CC5)C5CC5)n(C)n4)c3OC)c(C(N)=O)nn2)n1. The highest BCUT2D eigenvalue weighted by atomic mass is 31.2. The Hall–Kier alpha value is -4.44. The Balaban J connectivity index is 1.35. The molecule has 0 bridgehead atoms. The second kappa shape index (κ2) is 10.5. The van der Waals surface area contributed by atoms with E-state index in [2.05, 4.69) is 25.8 Å². The summed E-state index contributed by atoms with van der Waals surface area (Å²) >= 11 is 0. The van der Waals surface area contributed by atoms with E-state index in [1.54, 1.807) is 36.1 Å². The maximum atomic E-state index is 14.2. The zero-order valence-corrected chi connectivity index (χ0v) is 23.9. The number of amides is 1. The molecular formula is C28H31N8O4P. The van der Waals surface area contributed by atoms with E-state index < -0.39 is 13.0 Å². The number of nitrogens with two attached hydrogens (primary N) is 1. The first-order valence-corrected chi connectivity index (χ1v) is 15.2. The number of ether oxygens (including phenoxy) is 2. The third kappa shape index (κ3) is 5.11. The average Bonchev–Trinajstić information content (AvgIpc) is 3.90. The summed E-state index contributed by atoms with van der Waals surface area (Å²) in [5, 5.41) is 19.2. The molecule has 4 N–H and O–H groups in total. The number of nitrogens with zero attached hydrogens (tertiary/aromatic N) is 5. The predicted octanol–water partition coefficient (Wildman–Crippen LogP) is 4.19. The number of pyridine rings is 1. The van der Waals surface area contributed by atoms with Gasteiger partial charge in [0.25, 0.3) is 5.91 Å². The number of carbonyl (C=O) groups excluding carboxylic acids is 1. The summed E-state index contributed by atoms with van der Waals surface area (Å²) in [5.41, 5.74) is 9.22. The lowest BCUT2D eigenvalue weighted by atomic mass is 10.1. The summed E-state index contributed by atoms with van der Waals surface area (Å²) in [6.45, 7) is 0. The van der Waals surface area contributed by atoms with E-state index in [-0.39, 0.29) is 17.0 Å². The van der Waals surface area contributed by atoms with Crippen molar-refractivity contribution in [1.82, 2.24) is 25.0 Å². The lowest BCUT2D eigenvalue weighted by Crippen LogP contribution is -2.20. The van der Waals surface area contributed by atoms with Gasteiger partial charge in [0.2, 0.25) is 5.88 Å². The van der Waals surface area contributed by atoms with Crippen LogP contribution in [0.2, 0.25) is 0 Å². The van der Waals surface area contributed by atoms with Crippen LogP contribution in [0.4, 0.5) is 23.0 Å². The van der Waals surface area contributed by atoms with Crippen molar-refractivity contribution in [3.63, 3.8) is 0 Å². The molecular weight excluding hydrogens is 543 g/mol. The number of nitrogens with one attached hydrogen (secondary N) is 2. The van der Waals surface area contributed by atoms with Crippen molar-refractivity contribution >= 4 is 41.5 Å². The molecule has 6 rings (SSSR count). The van der Waals surface area contributed by atoms with Crippen molar-refractivity contribution < 1.29 is 18.8 Å². The molecule has 2 fully saturated rings. The Labute approximate surface area is 237 Å². The van der Waals surface area contributed by atoms with Crippen LogP contribution < -0.4 is 31.3 Å². The second-order valence-corrected chi connectivity index (χ2v) is 13.6. The molecule has 0 unspecified atom stereocenters. The summed E-state index contributed by atoms with van der Waals surface area (Å²) < 4.78 is 27.0. The van der Waals surface area contributed by atoms with Crippen molar-refractivity contribution in [2.45, 2.75) is 37.0 Å². The number of anilines is 4. The van der Waals surface area contributed by atoms with Gasteiger partial charge in [-0.2, -0.15) is 10.1 Å². The van der Waals surface area contributed by atoms with Gasteiger partial charge in [0, 0.05) is 36.1 Å². The quantitative estimate of drug-likeness (QED) is 0.222. The molecule has 2 aliphatic carbocycles. The molecule has 0 radical (unpaired) electrons. The van der Waals surface area contributed by atoms with E-state index in [0.29, 0.717) is 40.3 Å². The Kier molecular flexibility index (Phi) is 6.86. The topological polar surface area (TPSA) is 159 Å². The van der Waals surface area contributed by atoms with E-state index in [1.807, 2.05) is 31.3 Å². The van der Waals surface area contributed by atoms with Crippen LogP contribution in [0.25, 0.3) is 11.3 Å². The first kappa shape index (κ1) is 26.8. The minimum Gasteiger partial charge on any atom is -0.494 e. The Bertz CT molecular complexity index is 1670. The zero-order chi connectivity index (χ0) is 28.7. The minimum absolute atomic E-state index is 0.0449. The molecule has 4 aromatic rings. The molecule has 1 aromatic carbocycles. The third-order valence-corrected chi connectivity index (χ3v) is 11.7. The predicted molar refractivity (Wildman–Crippen MR) is 156 cm³/mol. The second-order valence-electron chi connectivity index (χ2n) is 10.2. The largest absolute Gasteiger partial charge is 0.494 e. The fourth-order valence-corrected chi connectivity index (χ4v) is 9.16.